The van der Waals surface area contributed by atoms with E-state index in [4.69, 9.17) is 33.7 Å². The first-order valence-corrected chi connectivity index (χ1v) is 7.17. The molecule has 0 fully saturated rings. The van der Waals surface area contributed by atoms with E-state index < -0.39 is 0 Å². The standard InChI is InChI=1S/C17H9Cl2N3O/c18-15-5-4-14(8-16(15)19)22-17(23)13-3-1-2-11(7-13)6-12(9-20)10-21/h1-8H,(H,22,23). The average molecular weight is 342 g/mol. The summed E-state index contributed by atoms with van der Waals surface area (Å²) in [7, 11) is 0. The molecule has 0 atom stereocenters. The number of amides is 1. The summed E-state index contributed by atoms with van der Waals surface area (Å²) in [4.78, 5) is 12.2. The summed E-state index contributed by atoms with van der Waals surface area (Å²) in [6, 6.07) is 14.9. The highest BCUT2D eigenvalue weighted by molar-refractivity contribution is 6.42. The van der Waals surface area contributed by atoms with Gasteiger partial charge < -0.3 is 5.32 Å². The summed E-state index contributed by atoms with van der Waals surface area (Å²) < 4.78 is 0. The van der Waals surface area contributed by atoms with Crippen molar-refractivity contribution < 1.29 is 4.79 Å². The second-order valence-electron chi connectivity index (χ2n) is 4.49. The van der Waals surface area contributed by atoms with E-state index in [0.717, 1.165) is 0 Å². The van der Waals surface area contributed by atoms with Crippen LogP contribution in [0.25, 0.3) is 6.08 Å². The van der Waals surface area contributed by atoms with Gasteiger partial charge in [-0.15, -0.1) is 0 Å². The third-order valence-corrected chi connectivity index (χ3v) is 3.62. The van der Waals surface area contributed by atoms with Crippen LogP contribution in [0, 0.1) is 22.7 Å². The third-order valence-electron chi connectivity index (χ3n) is 2.88. The fourth-order valence-corrected chi connectivity index (χ4v) is 2.10. The number of rotatable bonds is 3. The van der Waals surface area contributed by atoms with Crippen LogP contribution >= 0.6 is 23.2 Å². The van der Waals surface area contributed by atoms with Crippen LogP contribution in [-0.2, 0) is 0 Å². The van der Waals surface area contributed by atoms with Gasteiger partial charge in [0, 0.05) is 11.3 Å². The van der Waals surface area contributed by atoms with Crippen LogP contribution in [0.2, 0.25) is 10.0 Å². The molecule has 0 saturated carbocycles. The molecule has 4 nitrogen and oxygen atoms in total. The summed E-state index contributed by atoms with van der Waals surface area (Å²) >= 11 is 11.7. The van der Waals surface area contributed by atoms with Gasteiger partial charge in [0.05, 0.1) is 10.0 Å². The Morgan fingerprint density at radius 2 is 1.78 bits per heavy atom. The first-order chi connectivity index (χ1) is 11.0. The first kappa shape index (κ1) is 16.6. The van der Waals surface area contributed by atoms with Gasteiger partial charge in [0.2, 0.25) is 0 Å². The number of nitrogens with one attached hydrogen (secondary N) is 1. The topological polar surface area (TPSA) is 76.7 Å². The quantitative estimate of drug-likeness (QED) is 0.823. The lowest BCUT2D eigenvalue weighted by atomic mass is 10.1. The van der Waals surface area contributed by atoms with E-state index in [1.165, 1.54) is 6.08 Å². The van der Waals surface area contributed by atoms with Crippen molar-refractivity contribution in [1.82, 2.24) is 0 Å². The molecule has 2 aromatic rings. The number of benzene rings is 2. The predicted octanol–water partition coefficient (Wildman–Crippen LogP) is 4.68. The van der Waals surface area contributed by atoms with Crippen LogP contribution in [-0.4, -0.2) is 5.91 Å². The van der Waals surface area contributed by atoms with Crippen molar-refractivity contribution in [2.24, 2.45) is 0 Å². The Labute approximate surface area is 143 Å². The van der Waals surface area contributed by atoms with Gasteiger partial charge in [-0.1, -0.05) is 35.3 Å². The highest BCUT2D eigenvalue weighted by Crippen LogP contribution is 2.25. The van der Waals surface area contributed by atoms with Crippen molar-refractivity contribution in [3.63, 3.8) is 0 Å². The van der Waals surface area contributed by atoms with Crippen LogP contribution in [0.4, 0.5) is 5.69 Å². The Kier molecular flexibility index (Phi) is 5.38. The van der Waals surface area contributed by atoms with E-state index >= 15 is 0 Å². The summed E-state index contributed by atoms with van der Waals surface area (Å²) in [5.74, 6) is -0.339. The van der Waals surface area contributed by atoms with Crippen molar-refractivity contribution in [3.8, 4) is 12.1 Å². The zero-order valence-electron chi connectivity index (χ0n) is 11.7. The number of anilines is 1. The van der Waals surface area contributed by atoms with Crippen LogP contribution in [0.3, 0.4) is 0 Å². The number of halogens is 2. The van der Waals surface area contributed by atoms with Crippen LogP contribution in [0.1, 0.15) is 15.9 Å². The number of carbonyl (C=O) groups is 1. The van der Waals surface area contributed by atoms with Gasteiger partial charge in [-0.2, -0.15) is 10.5 Å². The Hall–Kier alpha value is -2.79. The second-order valence-corrected chi connectivity index (χ2v) is 5.30. The second kappa shape index (κ2) is 7.47. The molecule has 0 aliphatic heterocycles. The first-order valence-electron chi connectivity index (χ1n) is 6.42. The maximum absolute atomic E-state index is 12.2. The molecule has 0 heterocycles. The molecule has 112 valence electrons. The van der Waals surface area contributed by atoms with E-state index in [2.05, 4.69) is 5.32 Å². The van der Waals surface area contributed by atoms with Gasteiger partial charge in [0.25, 0.3) is 5.91 Å². The van der Waals surface area contributed by atoms with Crippen molar-refractivity contribution >= 4 is 40.9 Å². The minimum atomic E-state index is -0.339. The summed E-state index contributed by atoms with van der Waals surface area (Å²) in [6.45, 7) is 0. The van der Waals surface area contributed by atoms with Gasteiger partial charge in [-0.25, -0.2) is 0 Å². The Morgan fingerprint density at radius 3 is 2.43 bits per heavy atom. The minimum absolute atomic E-state index is 0.0351. The van der Waals surface area contributed by atoms with E-state index in [0.29, 0.717) is 26.9 Å². The van der Waals surface area contributed by atoms with Crippen LogP contribution in [0.5, 0.6) is 0 Å². The molecule has 1 amide bonds. The third kappa shape index (κ3) is 4.34. The molecule has 0 spiro atoms. The van der Waals surface area contributed by atoms with Crippen molar-refractivity contribution in [2.75, 3.05) is 5.32 Å². The molecule has 0 radical (unpaired) electrons. The van der Waals surface area contributed by atoms with E-state index in [9.17, 15) is 4.79 Å². The van der Waals surface area contributed by atoms with Gasteiger partial charge in [0.15, 0.2) is 0 Å². The molecule has 2 aromatic carbocycles. The SMILES string of the molecule is N#CC(C#N)=Cc1cccc(C(=O)Nc2ccc(Cl)c(Cl)c2)c1. The van der Waals surface area contributed by atoms with Gasteiger partial charge in [0.1, 0.15) is 17.7 Å². The molecule has 1 N–H and O–H groups in total. The normalized spacial score (nSPS) is 9.39. The number of hydrogen-bond donors (Lipinski definition) is 1. The maximum Gasteiger partial charge on any atom is 0.255 e. The number of allylic oxidation sites excluding steroid dienone is 1. The number of carbonyl (C=O) groups excluding carboxylic acids is 1. The van der Waals surface area contributed by atoms with Gasteiger partial charge >= 0.3 is 0 Å². The number of nitrogens with zero attached hydrogens (tertiary/aromatic N) is 2. The van der Waals surface area contributed by atoms with Crippen LogP contribution < -0.4 is 5.32 Å². The number of nitriles is 2. The van der Waals surface area contributed by atoms with Crippen molar-refractivity contribution in [3.05, 3.63) is 69.2 Å². The van der Waals surface area contributed by atoms with Crippen LogP contribution in [0.15, 0.2) is 48.0 Å². The monoisotopic (exact) mass is 341 g/mol. The number of hydrogen-bond acceptors (Lipinski definition) is 3. The molecule has 0 unspecified atom stereocenters. The molecule has 0 aliphatic rings. The minimum Gasteiger partial charge on any atom is -0.322 e. The lowest BCUT2D eigenvalue weighted by Gasteiger charge is -2.07. The Morgan fingerprint density at radius 1 is 1.04 bits per heavy atom. The smallest absolute Gasteiger partial charge is 0.255 e. The molecule has 0 aliphatic carbocycles. The lowest BCUT2D eigenvalue weighted by Crippen LogP contribution is -2.11. The average Bonchev–Trinajstić information content (AvgIpc) is 2.56. The predicted molar refractivity (Wildman–Crippen MR) is 90.1 cm³/mol. The highest BCUT2D eigenvalue weighted by Gasteiger charge is 2.08. The molecular formula is C17H9Cl2N3O. The molecule has 23 heavy (non-hydrogen) atoms. The van der Waals surface area contributed by atoms with E-state index in [1.54, 1.807) is 54.6 Å². The fraction of sp³-hybridized carbons (Fsp3) is 0. The molecular weight excluding hydrogens is 333 g/mol. The summed E-state index contributed by atoms with van der Waals surface area (Å²) in [5.41, 5.74) is 1.46. The molecule has 0 bridgehead atoms. The van der Waals surface area contributed by atoms with E-state index in [1.807, 2.05) is 0 Å². The molecule has 2 rings (SSSR count). The lowest BCUT2D eigenvalue weighted by molar-refractivity contribution is 0.102. The Balaban J connectivity index is 2.23. The largest absolute Gasteiger partial charge is 0.322 e. The zero-order chi connectivity index (χ0) is 16.8. The summed E-state index contributed by atoms with van der Waals surface area (Å²) in [6.07, 6.45) is 1.41. The summed E-state index contributed by atoms with van der Waals surface area (Å²) in [5, 5.41) is 21.0. The van der Waals surface area contributed by atoms with Crippen molar-refractivity contribution in [1.29, 1.82) is 10.5 Å². The fourth-order valence-electron chi connectivity index (χ4n) is 1.80. The zero-order valence-corrected chi connectivity index (χ0v) is 13.2. The Bertz CT molecular complexity index is 860. The molecule has 6 heteroatoms. The van der Waals surface area contributed by atoms with Gasteiger partial charge in [-0.05, 0) is 42.0 Å². The molecule has 0 aromatic heterocycles. The van der Waals surface area contributed by atoms with Crippen molar-refractivity contribution in [2.45, 2.75) is 0 Å². The van der Waals surface area contributed by atoms with E-state index in [-0.39, 0.29) is 11.5 Å². The van der Waals surface area contributed by atoms with Gasteiger partial charge in [-0.3, -0.25) is 4.79 Å². The molecule has 0 saturated heterocycles. The maximum atomic E-state index is 12.2. The highest BCUT2D eigenvalue weighted by atomic mass is 35.5.